The number of benzene rings is 2. The number of hydrogen-bond donors (Lipinski definition) is 2. The molecule has 128 valence electrons. The van der Waals surface area contributed by atoms with Gasteiger partial charge in [0, 0.05) is 18.1 Å². The first-order valence-corrected chi connectivity index (χ1v) is 7.41. The van der Waals surface area contributed by atoms with E-state index in [9.17, 15) is 13.6 Å². The number of carbonyl (C=O) groups is 1. The van der Waals surface area contributed by atoms with E-state index in [1.54, 1.807) is 24.3 Å². The average molecular weight is 351 g/mol. The summed E-state index contributed by atoms with van der Waals surface area (Å²) < 4.78 is 27.1. The minimum absolute atomic E-state index is 0.0398. The molecule has 2 N–H and O–H groups in total. The molecule has 0 aliphatic heterocycles. The molecular weight excluding hydrogens is 340 g/mol. The maximum Gasteiger partial charge on any atom is 0.258 e. The quantitative estimate of drug-likeness (QED) is 0.749. The molecule has 0 radical (unpaired) electrons. The number of nitrogens with zero attached hydrogens (tertiary/aromatic N) is 3. The first kappa shape index (κ1) is 17.0. The van der Waals surface area contributed by atoms with Crippen LogP contribution in [0.3, 0.4) is 0 Å². The molecule has 0 aliphatic carbocycles. The van der Waals surface area contributed by atoms with Gasteiger partial charge in [-0.2, -0.15) is 5.26 Å². The number of hydrogen-bond acceptors (Lipinski definition) is 5. The summed E-state index contributed by atoms with van der Waals surface area (Å²) in [5, 5.41) is 13.8. The van der Waals surface area contributed by atoms with E-state index < -0.39 is 23.2 Å². The largest absolute Gasteiger partial charge is 0.324 e. The Hall–Kier alpha value is -3.86. The van der Waals surface area contributed by atoms with Gasteiger partial charge in [0.25, 0.3) is 5.91 Å². The van der Waals surface area contributed by atoms with E-state index in [0.29, 0.717) is 11.3 Å². The molecule has 0 unspecified atom stereocenters. The van der Waals surface area contributed by atoms with Gasteiger partial charge in [-0.05, 0) is 36.4 Å². The molecule has 8 heteroatoms. The van der Waals surface area contributed by atoms with Gasteiger partial charge in [0.2, 0.25) is 5.95 Å². The predicted octanol–water partition coefficient (Wildman–Crippen LogP) is 3.62. The normalized spacial score (nSPS) is 10.0. The molecule has 0 fully saturated rings. The van der Waals surface area contributed by atoms with Crippen LogP contribution in [0.25, 0.3) is 0 Å². The first-order valence-electron chi connectivity index (χ1n) is 7.41. The van der Waals surface area contributed by atoms with Gasteiger partial charge in [-0.3, -0.25) is 4.79 Å². The van der Waals surface area contributed by atoms with E-state index in [0.717, 1.165) is 12.1 Å². The number of halogens is 2. The Morgan fingerprint density at radius 3 is 2.19 bits per heavy atom. The van der Waals surface area contributed by atoms with Crippen molar-refractivity contribution in [1.82, 2.24) is 9.97 Å². The molecule has 26 heavy (non-hydrogen) atoms. The standard InChI is InChI=1S/C18H11F2N5O/c19-14-2-1-3-15(20)16(14)25-17(26)12-9-22-18(23-10-12)24-13-6-4-11(8-21)5-7-13/h1-7,9-10H,(H,25,26)(H,22,23,24). The van der Waals surface area contributed by atoms with Crippen LogP contribution in [0.4, 0.5) is 26.1 Å². The molecule has 0 aliphatic rings. The molecular formula is C18H11F2N5O. The van der Waals surface area contributed by atoms with Gasteiger partial charge in [-0.1, -0.05) is 6.07 Å². The number of para-hydroxylation sites is 1. The Labute approximate surface area is 147 Å². The zero-order chi connectivity index (χ0) is 18.5. The maximum atomic E-state index is 13.6. The second kappa shape index (κ2) is 7.36. The molecule has 2 aromatic carbocycles. The second-order valence-electron chi connectivity index (χ2n) is 5.16. The van der Waals surface area contributed by atoms with Crippen molar-refractivity contribution in [3.05, 3.63) is 77.6 Å². The summed E-state index contributed by atoms with van der Waals surface area (Å²) in [5.74, 6) is -2.26. The molecule has 0 saturated carbocycles. The van der Waals surface area contributed by atoms with E-state index in [-0.39, 0.29) is 11.5 Å². The van der Waals surface area contributed by atoms with Gasteiger partial charge in [-0.25, -0.2) is 18.7 Å². The third-order valence-electron chi connectivity index (χ3n) is 3.39. The van der Waals surface area contributed by atoms with Crippen LogP contribution in [0, 0.1) is 23.0 Å². The molecule has 0 bridgehead atoms. The zero-order valence-corrected chi connectivity index (χ0v) is 13.2. The summed E-state index contributed by atoms with van der Waals surface area (Å²) in [6.45, 7) is 0. The Morgan fingerprint density at radius 2 is 1.62 bits per heavy atom. The third-order valence-corrected chi connectivity index (χ3v) is 3.39. The fourth-order valence-corrected chi connectivity index (χ4v) is 2.07. The predicted molar refractivity (Wildman–Crippen MR) is 90.8 cm³/mol. The lowest BCUT2D eigenvalue weighted by atomic mass is 10.2. The Morgan fingerprint density at radius 1 is 1.00 bits per heavy atom. The smallest absolute Gasteiger partial charge is 0.258 e. The lowest BCUT2D eigenvalue weighted by Gasteiger charge is -2.08. The summed E-state index contributed by atoms with van der Waals surface area (Å²) in [7, 11) is 0. The second-order valence-corrected chi connectivity index (χ2v) is 5.16. The van der Waals surface area contributed by atoms with Crippen molar-refractivity contribution in [2.24, 2.45) is 0 Å². The molecule has 0 atom stereocenters. The van der Waals surface area contributed by atoms with Crippen LogP contribution < -0.4 is 10.6 Å². The van der Waals surface area contributed by atoms with Crippen LogP contribution in [0.1, 0.15) is 15.9 Å². The monoisotopic (exact) mass is 351 g/mol. The summed E-state index contributed by atoms with van der Waals surface area (Å²) in [4.78, 5) is 20.1. The highest BCUT2D eigenvalue weighted by Crippen LogP contribution is 2.19. The van der Waals surface area contributed by atoms with E-state index in [1.807, 2.05) is 6.07 Å². The minimum atomic E-state index is -0.877. The molecule has 1 heterocycles. The van der Waals surface area contributed by atoms with Crippen LogP contribution in [0.2, 0.25) is 0 Å². The highest BCUT2D eigenvalue weighted by molar-refractivity contribution is 6.04. The number of nitrogens with one attached hydrogen (secondary N) is 2. The van der Waals surface area contributed by atoms with Gasteiger partial charge in [0.15, 0.2) is 0 Å². The number of rotatable bonds is 4. The number of aromatic nitrogens is 2. The van der Waals surface area contributed by atoms with Gasteiger partial charge >= 0.3 is 0 Å². The maximum absolute atomic E-state index is 13.6. The Balaban J connectivity index is 1.70. The molecule has 1 amide bonds. The summed E-state index contributed by atoms with van der Waals surface area (Å²) in [5.41, 5.74) is 0.689. The molecule has 0 saturated heterocycles. The SMILES string of the molecule is N#Cc1ccc(Nc2ncc(C(=O)Nc3c(F)cccc3F)cn2)cc1. The van der Waals surface area contributed by atoms with Gasteiger partial charge in [0.1, 0.15) is 17.3 Å². The van der Waals surface area contributed by atoms with Crippen molar-refractivity contribution >= 4 is 23.2 Å². The number of nitriles is 1. The molecule has 3 rings (SSSR count). The van der Waals surface area contributed by atoms with Crippen LogP contribution in [-0.4, -0.2) is 15.9 Å². The van der Waals surface area contributed by atoms with Crippen molar-refractivity contribution in [2.45, 2.75) is 0 Å². The van der Waals surface area contributed by atoms with Crippen molar-refractivity contribution < 1.29 is 13.6 Å². The molecule has 3 aromatic rings. The molecule has 6 nitrogen and oxygen atoms in total. The minimum Gasteiger partial charge on any atom is -0.324 e. The number of amides is 1. The lowest BCUT2D eigenvalue weighted by Crippen LogP contribution is -2.15. The Bertz CT molecular complexity index is 962. The van der Waals surface area contributed by atoms with Crippen LogP contribution >= 0.6 is 0 Å². The molecule has 1 aromatic heterocycles. The zero-order valence-electron chi connectivity index (χ0n) is 13.2. The van der Waals surface area contributed by atoms with Gasteiger partial charge < -0.3 is 10.6 Å². The number of anilines is 3. The highest BCUT2D eigenvalue weighted by atomic mass is 19.1. The van der Waals surface area contributed by atoms with Crippen molar-refractivity contribution in [2.75, 3.05) is 10.6 Å². The van der Waals surface area contributed by atoms with E-state index in [2.05, 4.69) is 20.6 Å². The van der Waals surface area contributed by atoms with Crippen LogP contribution in [-0.2, 0) is 0 Å². The summed E-state index contributed by atoms with van der Waals surface area (Å²) >= 11 is 0. The highest BCUT2D eigenvalue weighted by Gasteiger charge is 2.14. The van der Waals surface area contributed by atoms with E-state index in [1.165, 1.54) is 18.5 Å². The van der Waals surface area contributed by atoms with Gasteiger partial charge in [0.05, 0.1) is 17.2 Å². The third kappa shape index (κ3) is 3.79. The number of carbonyl (C=O) groups excluding carboxylic acids is 1. The Kier molecular flexibility index (Phi) is 4.80. The van der Waals surface area contributed by atoms with Crippen molar-refractivity contribution in [3.8, 4) is 6.07 Å². The van der Waals surface area contributed by atoms with Crippen molar-refractivity contribution in [3.63, 3.8) is 0 Å². The average Bonchev–Trinajstić information content (AvgIpc) is 2.66. The first-order chi connectivity index (χ1) is 12.6. The van der Waals surface area contributed by atoms with Crippen LogP contribution in [0.15, 0.2) is 54.9 Å². The van der Waals surface area contributed by atoms with E-state index >= 15 is 0 Å². The summed E-state index contributed by atoms with van der Waals surface area (Å²) in [6.07, 6.45) is 2.46. The van der Waals surface area contributed by atoms with Crippen LogP contribution in [0.5, 0.6) is 0 Å². The topological polar surface area (TPSA) is 90.7 Å². The fourth-order valence-electron chi connectivity index (χ4n) is 2.07. The van der Waals surface area contributed by atoms with Crippen molar-refractivity contribution in [1.29, 1.82) is 5.26 Å². The molecule has 0 spiro atoms. The lowest BCUT2D eigenvalue weighted by molar-refractivity contribution is 0.102. The fraction of sp³-hybridized carbons (Fsp3) is 0. The summed E-state index contributed by atoms with van der Waals surface area (Å²) in [6, 6.07) is 11.9. The van der Waals surface area contributed by atoms with Gasteiger partial charge in [-0.15, -0.1) is 0 Å². The van der Waals surface area contributed by atoms with E-state index in [4.69, 9.17) is 5.26 Å².